The summed E-state index contributed by atoms with van der Waals surface area (Å²) in [6.45, 7) is 4.86. The fourth-order valence-corrected chi connectivity index (χ4v) is 2.19. The predicted molar refractivity (Wildman–Crippen MR) is 52.7 cm³/mol. The van der Waals surface area contributed by atoms with Crippen molar-refractivity contribution in [3.8, 4) is 0 Å². The van der Waals surface area contributed by atoms with Gasteiger partial charge in [-0.15, -0.1) is 0 Å². The summed E-state index contributed by atoms with van der Waals surface area (Å²) in [6, 6.07) is 0.595. The fraction of sp³-hybridized carbons (Fsp3) is 1.00. The van der Waals surface area contributed by atoms with Crippen LogP contribution in [-0.2, 0) is 0 Å². The van der Waals surface area contributed by atoms with Gasteiger partial charge in [-0.05, 0) is 38.8 Å². The van der Waals surface area contributed by atoms with Crippen molar-refractivity contribution in [3.63, 3.8) is 0 Å². The van der Waals surface area contributed by atoms with Gasteiger partial charge in [-0.3, -0.25) is 0 Å². The molecule has 3 nitrogen and oxygen atoms in total. The summed E-state index contributed by atoms with van der Waals surface area (Å²) in [6.07, 6.45) is 4.65. The van der Waals surface area contributed by atoms with Crippen LogP contribution in [0.5, 0.6) is 0 Å². The van der Waals surface area contributed by atoms with E-state index in [4.69, 9.17) is 5.11 Å². The second-order valence-corrected chi connectivity index (χ2v) is 4.33. The van der Waals surface area contributed by atoms with Gasteiger partial charge >= 0.3 is 0 Å². The molecule has 1 heterocycles. The minimum absolute atomic E-state index is 0.0238. The van der Waals surface area contributed by atoms with Gasteiger partial charge in [0.25, 0.3) is 0 Å². The van der Waals surface area contributed by atoms with Crippen LogP contribution in [0.4, 0.5) is 0 Å². The Morgan fingerprint density at radius 2 is 1.92 bits per heavy atom. The summed E-state index contributed by atoms with van der Waals surface area (Å²) in [4.78, 5) is 2.52. The Bertz CT molecular complexity index is 151. The van der Waals surface area contributed by atoms with Crippen molar-refractivity contribution in [2.75, 3.05) is 26.2 Å². The van der Waals surface area contributed by atoms with Gasteiger partial charge < -0.3 is 15.3 Å². The number of aliphatic hydroxyl groups excluding tert-OH is 1. The highest BCUT2D eigenvalue weighted by molar-refractivity contribution is 4.84. The van der Waals surface area contributed by atoms with Gasteiger partial charge in [0.1, 0.15) is 0 Å². The van der Waals surface area contributed by atoms with Crippen LogP contribution >= 0.6 is 0 Å². The molecule has 1 saturated carbocycles. The van der Waals surface area contributed by atoms with E-state index in [1.165, 1.54) is 32.5 Å². The monoisotopic (exact) mass is 184 g/mol. The minimum atomic E-state index is -0.0238. The molecule has 2 N–H and O–H groups in total. The first-order valence-corrected chi connectivity index (χ1v) is 5.48. The average Bonchev–Trinajstić information content (AvgIpc) is 2.53. The molecule has 76 valence electrons. The highest BCUT2D eigenvalue weighted by atomic mass is 16.3. The molecule has 0 unspecified atom stereocenters. The van der Waals surface area contributed by atoms with E-state index in [0.717, 1.165) is 19.4 Å². The molecule has 0 bridgehead atoms. The Morgan fingerprint density at radius 3 is 2.54 bits per heavy atom. The molecule has 2 fully saturated rings. The van der Waals surface area contributed by atoms with Crippen molar-refractivity contribution < 1.29 is 5.11 Å². The lowest BCUT2D eigenvalue weighted by Crippen LogP contribution is -2.46. The Balaban J connectivity index is 1.49. The summed E-state index contributed by atoms with van der Waals surface area (Å²) >= 11 is 0. The van der Waals surface area contributed by atoms with E-state index in [-0.39, 0.29) is 6.10 Å². The zero-order chi connectivity index (χ0) is 9.10. The first-order chi connectivity index (χ1) is 6.34. The summed E-state index contributed by atoms with van der Waals surface area (Å²) < 4.78 is 0. The van der Waals surface area contributed by atoms with Gasteiger partial charge in [-0.25, -0.2) is 0 Å². The molecule has 13 heavy (non-hydrogen) atoms. The van der Waals surface area contributed by atoms with Crippen molar-refractivity contribution >= 4 is 0 Å². The van der Waals surface area contributed by atoms with E-state index in [1.54, 1.807) is 0 Å². The van der Waals surface area contributed by atoms with Crippen LogP contribution in [0.15, 0.2) is 0 Å². The van der Waals surface area contributed by atoms with E-state index in [2.05, 4.69) is 10.2 Å². The molecule has 1 saturated heterocycles. The third-order valence-corrected chi connectivity index (χ3v) is 3.17. The van der Waals surface area contributed by atoms with E-state index in [0.29, 0.717) is 6.04 Å². The molecule has 3 heteroatoms. The third-order valence-electron chi connectivity index (χ3n) is 3.17. The van der Waals surface area contributed by atoms with Crippen LogP contribution < -0.4 is 5.32 Å². The lowest BCUT2D eigenvalue weighted by Gasteiger charge is -2.32. The van der Waals surface area contributed by atoms with Gasteiger partial charge in [-0.2, -0.15) is 0 Å². The molecule has 1 aliphatic heterocycles. The molecule has 0 radical (unpaired) electrons. The first-order valence-electron chi connectivity index (χ1n) is 5.48. The van der Waals surface area contributed by atoms with Crippen LogP contribution in [0.25, 0.3) is 0 Å². The maximum absolute atomic E-state index is 9.08. The van der Waals surface area contributed by atoms with Crippen LogP contribution in [0, 0.1) is 0 Å². The second-order valence-electron chi connectivity index (χ2n) is 4.33. The minimum Gasteiger partial charge on any atom is -0.393 e. The molecule has 1 aliphatic carbocycles. The molecule has 2 aliphatic rings. The van der Waals surface area contributed by atoms with Crippen molar-refractivity contribution in [1.29, 1.82) is 0 Å². The number of likely N-dealkylation sites (tertiary alicyclic amines) is 1. The summed E-state index contributed by atoms with van der Waals surface area (Å²) in [7, 11) is 0. The van der Waals surface area contributed by atoms with Crippen molar-refractivity contribution in [2.45, 2.75) is 37.8 Å². The summed E-state index contributed by atoms with van der Waals surface area (Å²) in [5.74, 6) is 0. The third kappa shape index (κ3) is 2.66. The number of nitrogens with one attached hydrogen (secondary N) is 1. The SMILES string of the molecule is OC1CC(NCCN2CCCC2)C1. The second kappa shape index (κ2) is 4.40. The van der Waals surface area contributed by atoms with Gasteiger partial charge in [0.15, 0.2) is 0 Å². The van der Waals surface area contributed by atoms with Crippen LogP contribution in [0.3, 0.4) is 0 Å². The molecular weight excluding hydrogens is 164 g/mol. The summed E-state index contributed by atoms with van der Waals surface area (Å²) in [5.41, 5.74) is 0. The molecule has 0 aromatic carbocycles. The van der Waals surface area contributed by atoms with Crippen LogP contribution in [0.1, 0.15) is 25.7 Å². The number of hydrogen-bond donors (Lipinski definition) is 2. The van der Waals surface area contributed by atoms with Gasteiger partial charge in [0.05, 0.1) is 6.10 Å². The Labute approximate surface area is 80.1 Å². The van der Waals surface area contributed by atoms with E-state index >= 15 is 0 Å². The molecule has 0 spiro atoms. The topological polar surface area (TPSA) is 35.5 Å². The molecule has 0 atom stereocenters. The van der Waals surface area contributed by atoms with Crippen molar-refractivity contribution in [1.82, 2.24) is 10.2 Å². The van der Waals surface area contributed by atoms with Crippen molar-refractivity contribution in [3.05, 3.63) is 0 Å². The Morgan fingerprint density at radius 1 is 1.23 bits per heavy atom. The highest BCUT2D eigenvalue weighted by Crippen LogP contribution is 2.18. The van der Waals surface area contributed by atoms with Crippen molar-refractivity contribution in [2.24, 2.45) is 0 Å². The average molecular weight is 184 g/mol. The Hall–Kier alpha value is -0.120. The standard InChI is InChI=1S/C10H20N2O/c13-10-7-9(8-10)11-3-6-12-4-1-2-5-12/h9-11,13H,1-8H2. The highest BCUT2D eigenvalue weighted by Gasteiger charge is 2.26. The maximum Gasteiger partial charge on any atom is 0.0570 e. The number of nitrogens with zero attached hydrogens (tertiary/aromatic N) is 1. The smallest absolute Gasteiger partial charge is 0.0570 e. The normalized spacial score (nSPS) is 34.8. The van der Waals surface area contributed by atoms with E-state index in [9.17, 15) is 0 Å². The van der Waals surface area contributed by atoms with Gasteiger partial charge in [0, 0.05) is 19.1 Å². The molecule has 2 rings (SSSR count). The lowest BCUT2D eigenvalue weighted by atomic mass is 9.89. The number of rotatable bonds is 4. The lowest BCUT2D eigenvalue weighted by molar-refractivity contribution is 0.0618. The molecular formula is C10H20N2O. The molecule has 0 aromatic heterocycles. The quantitative estimate of drug-likeness (QED) is 0.655. The number of hydrogen-bond acceptors (Lipinski definition) is 3. The first kappa shape index (κ1) is 9.44. The predicted octanol–water partition coefficient (Wildman–Crippen LogP) is 0.195. The zero-order valence-corrected chi connectivity index (χ0v) is 8.21. The Kier molecular flexibility index (Phi) is 3.19. The largest absolute Gasteiger partial charge is 0.393 e. The molecule has 0 aromatic rings. The summed E-state index contributed by atoms with van der Waals surface area (Å²) in [5, 5.41) is 12.6. The molecule has 0 amide bonds. The maximum atomic E-state index is 9.08. The van der Waals surface area contributed by atoms with Gasteiger partial charge in [0.2, 0.25) is 0 Å². The fourth-order valence-electron chi connectivity index (χ4n) is 2.19. The van der Waals surface area contributed by atoms with Gasteiger partial charge in [-0.1, -0.05) is 0 Å². The van der Waals surface area contributed by atoms with E-state index in [1.807, 2.05) is 0 Å². The van der Waals surface area contributed by atoms with Crippen LogP contribution in [0.2, 0.25) is 0 Å². The van der Waals surface area contributed by atoms with E-state index < -0.39 is 0 Å². The van der Waals surface area contributed by atoms with Crippen LogP contribution in [-0.4, -0.2) is 48.3 Å². The zero-order valence-electron chi connectivity index (χ0n) is 8.21. The number of aliphatic hydroxyl groups is 1.